The number of aromatic hydroxyl groups is 3. The van der Waals surface area contributed by atoms with Crippen LogP contribution in [0.2, 0.25) is 0 Å². The lowest BCUT2D eigenvalue weighted by atomic mass is 9.99. The van der Waals surface area contributed by atoms with Gasteiger partial charge in [-0.05, 0) is 47.7 Å². The van der Waals surface area contributed by atoms with Crippen molar-refractivity contribution in [1.82, 2.24) is 0 Å². The molecule has 3 heteroatoms. The predicted octanol–water partition coefficient (Wildman–Crippen LogP) is 3.93. The molecule has 100 valence electrons. The van der Waals surface area contributed by atoms with E-state index in [-0.39, 0.29) is 17.2 Å². The van der Waals surface area contributed by atoms with Gasteiger partial charge in [0.15, 0.2) is 0 Å². The van der Waals surface area contributed by atoms with Crippen molar-refractivity contribution in [2.45, 2.75) is 6.92 Å². The molecule has 20 heavy (non-hydrogen) atoms. The SMILES string of the molecule is Cc1c(O)cc(-c2ccc3cccc(O)c3c2)cc1O. The summed E-state index contributed by atoms with van der Waals surface area (Å²) in [5, 5.41) is 31.2. The summed E-state index contributed by atoms with van der Waals surface area (Å²) in [6, 6.07) is 14.2. The highest BCUT2D eigenvalue weighted by molar-refractivity contribution is 5.92. The molecule has 3 rings (SSSR count). The number of phenols is 3. The summed E-state index contributed by atoms with van der Waals surface area (Å²) in [6.45, 7) is 1.65. The summed E-state index contributed by atoms with van der Waals surface area (Å²) in [7, 11) is 0. The van der Waals surface area contributed by atoms with Gasteiger partial charge in [-0.15, -0.1) is 0 Å². The zero-order chi connectivity index (χ0) is 14.3. The van der Waals surface area contributed by atoms with Gasteiger partial charge in [-0.25, -0.2) is 0 Å². The van der Waals surface area contributed by atoms with E-state index in [4.69, 9.17) is 0 Å². The highest BCUT2D eigenvalue weighted by atomic mass is 16.3. The molecule has 0 bridgehead atoms. The minimum Gasteiger partial charge on any atom is -0.508 e. The molecule has 3 aromatic carbocycles. The lowest BCUT2D eigenvalue weighted by Crippen LogP contribution is -1.83. The molecule has 0 aliphatic rings. The van der Waals surface area contributed by atoms with Crippen LogP contribution in [-0.4, -0.2) is 15.3 Å². The van der Waals surface area contributed by atoms with Crippen LogP contribution in [0.25, 0.3) is 21.9 Å². The third-order valence-corrected chi connectivity index (χ3v) is 3.55. The molecule has 0 spiro atoms. The Morgan fingerprint density at radius 1 is 0.700 bits per heavy atom. The van der Waals surface area contributed by atoms with E-state index in [1.165, 1.54) is 0 Å². The van der Waals surface area contributed by atoms with Crippen molar-refractivity contribution < 1.29 is 15.3 Å². The molecule has 0 fully saturated rings. The number of fused-ring (bicyclic) bond motifs is 1. The van der Waals surface area contributed by atoms with Gasteiger partial charge >= 0.3 is 0 Å². The maximum absolute atomic E-state index is 9.90. The fourth-order valence-corrected chi connectivity index (χ4v) is 2.29. The molecule has 3 nitrogen and oxygen atoms in total. The summed E-state index contributed by atoms with van der Waals surface area (Å²) in [4.78, 5) is 0. The fraction of sp³-hybridized carbons (Fsp3) is 0.0588. The van der Waals surface area contributed by atoms with Crippen LogP contribution in [0.1, 0.15) is 5.56 Å². The minimum atomic E-state index is 0.0531. The summed E-state index contributed by atoms with van der Waals surface area (Å²) in [5.41, 5.74) is 1.98. The Morgan fingerprint density at radius 2 is 1.40 bits per heavy atom. The van der Waals surface area contributed by atoms with Crippen LogP contribution in [0, 0.1) is 6.92 Å². The Kier molecular flexibility index (Phi) is 2.75. The molecule has 0 aromatic heterocycles. The average molecular weight is 266 g/mol. The quantitative estimate of drug-likeness (QED) is 0.625. The summed E-state index contributed by atoms with van der Waals surface area (Å²) in [6.07, 6.45) is 0. The van der Waals surface area contributed by atoms with Gasteiger partial charge in [-0.3, -0.25) is 0 Å². The van der Waals surface area contributed by atoms with Crippen molar-refractivity contribution in [3.8, 4) is 28.4 Å². The van der Waals surface area contributed by atoms with E-state index in [2.05, 4.69) is 0 Å². The molecule has 0 radical (unpaired) electrons. The number of hydrogen-bond acceptors (Lipinski definition) is 3. The lowest BCUT2D eigenvalue weighted by molar-refractivity contribution is 0.443. The summed E-state index contributed by atoms with van der Waals surface area (Å²) >= 11 is 0. The van der Waals surface area contributed by atoms with Crippen molar-refractivity contribution in [2.75, 3.05) is 0 Å². The Bertz CT molecular complexity index is 783. The summed E-state index contributed by atoms with van der Waals surface area (Å²) < 4.78 is 0. The van der Waals surface area contributed by atoms with Crippen molar-refractivity contribution in [3.63, 3.8) is 0 Å². The molecule has 3 N–H and O–H groups in total. The maximum Gasteiger partial charge on any atom is 0.123 e. The van der Waals surface area contributed by atoms with E-state index < -0.39 is 0 Å². The molecule has 0 atom stereocenters. The van der Waals surface area contributed by atoms with Gasteiger partial charge in [-0.1, -0.05) is 24.3 Å². The first-order chi connectivity index (χ1) is 9.56. The smallest absolute Gasteiger partial charge is 0.123 e. The largest absolute Gasteiger partial charge is 0.508 e. The molecular formula is C17H14O3. The zero-order valence-electron chi connectivity index (χ0n) is 11.0. The van der Waals surface area contributed by atoms with E-state index in [9.17, 15) is 15.3 Å². The van der Waals surface area contributed by atoms with E-state index in [1.54, 1.807) is 31.2 Å². The third kappa shape index (κ3) is 1.93. The van der Waals surface area contributed by atoms with Crippen LogP contribution in [-0.2, 0) is 0 Å². The van der Waals surface area contributed by atoms with Crippen LogP contribution < -0.4 is 0 Å². The van der Waals surface area contributed by atoms with E-state index >= 15 is 0 Å². The van der Waals surface area contributed by atoms with Crippen LogP contribution in [0.15, 0.2) is 48.5 Å². The van der Waals surface area contributed by atoms with E-state index in [0.717, 1.165) is 16.3 Å². The van der Waals surface area contributed by atoms with E-state index in [0.29, 0.717) is 11.1 Å². The zero-order valence-corrected chi connectivity index (χ0v) is 11.0. The second kappa shape index (κ2) is 4.46. The topological polar surface area (TPSA) is 60.7 Å². The number of benzene rings is 3. The maximum atomic E-state index is 9.90. The van der Waals surface area contributed by atoms with E-state index in [1.807, 2.05) is 24.3 Å². The highest BCUT2D eigenvalue weighted by Crippen LogP contribution is 2.35. The molecule has 3 aromatic rings. The first-order valence-electron chi connectivity index (χ1n) is 6.31. The lowest BCUT2D eigenvalue weighted by Gasteiger charge is -2.09. The normalized spacial score (nSPS) is 10.8. The van der Waals surface area contributed by atoms with Crippen LogP contribution in [0.3, 0.4) is 0 Å². The molecule has 0 saturated carbocycles. The Hall–Kier alpha value is -2.68. The predicted molar refractivity (Wildman–Crippen MR) is 79.1 cm³/mol. The first kappa shape index (κ1) is 12.4. The molecule has 0 aliphatic carbocycles. The van der Waals surface area contributed by atoms with Gasteiger partial charge in [0.2, 0.25) is 0 Å². The van der Waals surface area contributed by atoms with Gasteiger partial charge in [0.05, 0.1) is 0 Å². The van der Waals surface area contributed by atoms with Gasteiger partial charge < -0.3 is 15.3 Å². The molecule has 0 aliphatic heterocycles. The first-order valence-corrected chi connectivity index (χ1v) is 6.31. The van der Waals surface area contributed by atoms with Gasteiger partial charge in [0.1, 0.15) is 17.2 Å². The van der Waals surface area contributed by atoms with Crippen molar-refractivity contribution in [2.24, 2.45) is 0 Å². The Labute approximate surface area is 116 Å². The summed E-state index contributed by atoms with van der Waals surface area (Å²) in [5.74, 6) is 0.319. The van der Waals surface area contributed by atoms with Crippen molar-refractivity contribution in [3.05, 3.63) is 54.1 Å². The van der Waals surface area contributed by atoms with Crippen LogP contribution in [0.4, 0.5) is 0 Å². The fourth-order valence-electron chi connectivity index (χ4n) is 2.29. The van der Waals surface area contributed by atoms with Crippen LogP contribution >= 0.6 is 0 Å². The number of phenolic OH excluding ortho intramolecular Hbond substituents is 3. The van der Waals surface area contributed by atoms with Crippen molar-refractivity contribution >= 4 is 10.8 Å². The molecule has 0 amide bonds. The van der Waals surface area contributed by atoms with Gasteiger partial charge in [0.25, 0.3) is 0 Å². The minimum absolute atomic E-state index is 0.0531. The third-order valence-electron chi connectivity index (χ3n) is 3.55. The Balaban J connectivity index is 2.22. The Morgan fingerprint density at radius 3 is 2.10 bits per heavy atom. The second-order valence-electron chi connectivity index (χ2n) is 4.85. The van der Waals surface area contributed by atoms with Gasteiger partial charge in [-0.2, -0.15) is 0 Å². The molecular weight excluding hydrogens is 252 g/mol. The van der Waals surface area contributed by atoms with Gasteiger partial charge in [0, 0.05) is 10.9 Å². The van der Waals surface area contributed by atoms with Crippen LogP contribution in [0.5, 0.6) is 17.2 Å². The monoisotopic (exact) mass is 266 g/mol. The second-order valence-corrected chi connectivity index (χ2v) is 4.85. The molecule has 0 heterocycles. The number of rotatable bonds is 1. The standard InChI is InChI=1S/C17H14O3/c1-10-16(19)8-13(9-17(10)20)12-6-5-11-3-2-4-15(18)14(11)7-12/h2-9,18-20H,1H3. The molecule has 0 unspecified atom stereocenters. The highest BCUT2D eigenvalue weighted by Gasteiger charge is 2.08. The molecule has 0 saturated heterocycles. The van der Waals surface area contributed by atoms with Crippen molar-refractivity contribution in [1.29, 1.82) is 0 Å². The average Bonchev–Trinajstić information content (AvgIpc) is 2.44. The number of hydrogen-bond donors (Lipinski definition) is 3.